The van der Waals surface area contributed by atoms with E-state index in [1.54, 1.807) is 0 Å². The summed E-state index contributed by atoms with van der Waals surface area (Å²) in [5, 5.41) is 13.2. The number of carbonyl (C=O) groups is 1. The molecule has 0 aliphatic heterocycles. The Balaban J connectivity index is 2.23. The van der Waals surface area contributed by atoms with Crippen LogP contribution in [0.4, 0.5) is 6.01 Å². The molecule has 1 aromatic rings. The first kappa shape index (κ1) is 13.8. The monoisotopic (exact) mass is 260 g/mol. The molecule has 0 radical (unpaired) electrons. The Bertz CT molecular complexity index is 354. The summed E-state index contributed by atoms with van der Waals surface area (Å²) in [7, 11) is 0. The molecule has 0 fully saturated rings. The second-order valence-corrected chi connectivity index (χ2v) is 4.22. The van der Waals surface area contributed by atoms with Gasteiger partial charge in [-0.25, -0.2) is 0 Å². The largest absolute Gasteiger partial charge is 0.408 e. The minimum atomic E-state index is -0.00648. The van der Waals surface area contributed by atoms with Crippen molar-refractivity contribution in [3.05, 3.63) is 5.89 Å². The fourth-order valence-electron chi connectivity index (χ4n) is 1.18. The highest BCUT2D eigenvalue weighted by Crippen LogP contribution is 2.06. The predicted molar refractivity (Wildman–Crippen MR) is 65.1 cm³/mol. The van der Waals surface area contributed by atoms with E-state index in [4.69, 9.17) is 16.0 Å². The fraction of sp³-hybridized carbons (Fsp3) is 0.700. The van der Waals surface area contributed by atoms with Gasteiger partial charge >= 0.3 is 6.01 Å². The van der Waals surface area contributed by atoms with E-state index in [0.29, 0.717) is 37.2 Å². The Morgan fingerprint density at radius 1 is 1.47 bits per heavy atom. The highest BCUT2D eigenvalue weighted by Gasteiger charge is 2.06. The molecular formula is C10H17ClN4O2. The van der Waals surface area contributed by atoms with Gasteiger partial charge in [0.25, 0.3) is 0 Å². The lowest BCUT2D eigenvalue weighted by Gasteiger charge is -2.07. The van der Waals surface area contributed by atoms with E-state index in [9.17, 15) is 4.79 Å². The third-order valence-corrected chi connectivity index (χ3v) is 2.04. The van der Waals surface area contributed by atoms with E-state index in [-0.39, 0.29) is 11.9 Å². The molecule has 0 saturated carbocycles. The molecular weight excluding hydrogens is 244 g/mol. The van der Waals surface area contributed by atoms with Gasteiger partial charge < -0.3 is 15.1 Å². The zero-order chi connectivity index (χ0) is 12.7. The molecule has 17 heavy (non-hydrogen) atoms. The van der Waals surface area contributed by atoms with Gasteiger partial charge in [-0.1, -0.05) is 5.10 Å². The third kappa shape index (κ3) is 5.53. The number of nitrogens with one attached hydrogen (secondary N) is 2. The number of hydrogen-bond acceptors (Lipinski definition) is 5. The topological polar surface area (TPSA) is 80.0 Å². The number of anilines is 1. The summed E-state index contributed by atoms with van der Waals surface area (Å²) in [4.78, 5) is 11.3. The summed E-state index contributed by atoms with van der Waals surface area (Å²) in [6.07, 6.45) is 0.912. The number of hydrogen-bond donors (Lipinski definition) is 2. The van der Waals surface area contributed by atoms with Gasteiger partial charge in [0.05, 0.1) is 0 Å². The van der Waals surface area contributed by atoms with Gasteiger partial charge in [-0.15, -0.1) is 16.7 Å². The summed E-state index contributed by atoms with van der Waals surface area (Å²) in [5.41, 5.74) is 0. The molecule has 0 unspecified atom stereocenters. The van der Waals surface area contributed by atoms with Gasteiger partial charge in [-0.3, -0.25) is 4.79 Å². The third-order valence-electron chi connectivity index (χ3n) is 1.85. The molecule has 96 valence electrons. The molecule has 0 spiro atoms. The molecule has 1 heterocycles. The van der Waals surface area contributed by atoms with Crippen molar-refractivity contribution in [1.29, 1.82) is 0 Å². The maximum Gasteiger partial charge on any atom is 0.315 e. The van der Waals surface area contributed by atoms with Crippen LogP contribution < -0.4 is 10.6 Å². The fourth-order valence-corrected chi connectivity index (χ4v) is 1.35. The first-order valence-electron chi connectivity index (χ1n) is 5.53. The van der Waals surface area contributed by atoms with Gasteiger partial charge in [0.2, 0.25) is 11.8 Å². The van der Waals surface area contributed by atoms with Crippen molar-refractivity contribution in [3.63, 3.8) is 0 Å². The van der Waals surface area contributed by atoms with Crippen molar-refractivity contribution >= 4 is 23.5 Å². The number of halogens is 1. The van der Waals surface area contributed by atoms with Crippen molar-refractivity contribution in [3.8, 4) is 0 Å². The Morgan fingerprint density at radius 2 is 2.24 bits per heavy atom. The van der Waals surface area contributed by atoms with Crippen molar-refractivity contribution in [2.45, 2.75) is 32.7 Å². The van der Waals surface area contributed by atoms with Crippen LogP contribution in [-0.4, -0.2) is 34.6 Å². The Kier molecular flexibility index (Phi) is 5.76. The molecule has 0 bridgehead atoms. The minimum Gasteiger partial charge on any atom is -0.408 e. The minimum absolute atomic E-state index is 0.00648. The molecule has 1 rings (SSSR count). The first-order valence-corrected chi connectivity index (χ1v) is 6.07. The van der Waals surface area contributed by atoms with Crippen LogP contribution in [0.25, 0.3) is 0 Å². The zero-order valence-electron chi connectivity index (χ0n) is 9.99. The van der Waals surface area contributed by atoms with Crippen LogP contribution in [0.5, 0.6) is 0 Å². The molecule has 1 aromatic heterocycles. The SMILES string of the molecule is CC(C)NC(=O)CCNc1nnc(CCCl)o1. The maximum absolute atomic E-state index is 11.3. The lowest BCUT2D eigenvalue weighted by Crippen LogP contribution is -2.31. The molecule has 0 aliphatic carbocycles. The second-order valence-electron chi connectivity index (χ2n) is 3.84. The van der Waals surface area contributed by atoms with E-state index in [2.05, 4.69) is 20.8 Å². The van der Waals surface area contributed by atoms with Crippen LogP contribution in [0.3, 0.4) is 0 Å². The van der Waals surface area contributed by atoms with Gasteiger partial charge in [0.1, 0.15) is 0 Å². The van der Waals surface area contributed by atoms with E-state index in [0.717, 1.165) is 0 Å². The molecule has 0 atom stereocenters. The van der Waals surface area contributed by atoms with E-state index < -0.39 is 0 Å². The molecule has 7 heteroatoms. The van der Waals surface area contributed by atoms with Crippen LogP contribution in [0, 0.1) is 0 Å². The lowest BCUT2D eigenvalue weighted by molar-refractivity contribution is -0.121. The molecule has 0 saturated heterocycles. The normalized spacial score (nSPS) is 10.6. The molecule has 1 amide bonds. The summed E-state index contributed by atoms with van der Waals surface area (Å²) < 4.78 is 5.24. The summed E-state index contributed by atoms with van der Waals surface area (Å²) in [6, 6.07) is 0.476. The number of rotatable bonds is 7. The van der Waals surface area contributed by atoms with Crippen molar-refractivity contribution in [1.82, 2.24) is 15.5 Å². The first-order chi connectivity index (χ1) is 8.11. The number of aromatic nitrogens is 2. The van der Waals surface area contributed by atoms with Crippen LogP contribution in [0.2, 0.25) is 0 Å². The van der Waals surface area contributed by atoms with E-state index >= 15 is 0 Å². The number of alkyl halides is 1. The summed E-state index contributed by atoms with van der Waals surface area (Å²) >= 11 is 5.54. The second kappa shape index (κ2) is 7.11. The van der Waals surface area contributed by atoms with E-state index in [1.165, 1.54) is 0 Å². The quantitative estimate of drug-likeness (QED) is 0.720. The average Bonchev–Trinajstić information content (AvgIpc) is 2.65. The molecule has 0 aromatic carbocycles. The van der Waals surface area contributed by atoms with Crippen LogP contribution in [0.1, 0.15) is 26.2 Å². The Morgan fingerprint density at radius 3 is 2.88 bits per heavy atom. The summed E-state index contributed by atoms with van der Waals surface area (Å²) in [5.74, 6) is 0.931. The molecule has 6 nitrogen and oxygen atoms in total. The Labute approximate surface area is 105 Å². The highest BCUT2D eigenvalue weighted by atomic mass is 35.5. The summed E-state index contributed by atoms with van der Waals surface area (Å²) in [6.45, 7) is 4.30. The standard InChI is InChI=1S/C10H17ClN4O2/c1-7(2)13-8(16)4-6-12-10-15-14-9(17-10)3-5-11/h7H,3-6H2,1-2H3,(H,12,15)(H,13,16). The maximum atomic E-state index is 11.3. The van der Waals surface area contributed by atoms with Gasteiger partial charge in [-0.05, 0) is 13.8 Å². The van der Waals surface area contributed by atoms with Gasteiger partial charge in [-0.2, -0.15) is 0 Å². The number of nitrogens with zero attached hydrogens (tertiary/aromatic N) is 2. The van der Waals surface area contributed by atoms with Crippen molar-refractivity contribution < 1.29 is 9.21 Å². The van der Waals surface area contributed by atoms with Gasteiger partial charge in [0, 0.05) is 31.3 Å². The Hall–Kier alpha value is -1.30. The van der Waals surface area contributed by atoms with Crippen LogP contribution in [0.15, 0.2) is 4.42 Å². The molecule has 0 aliphatic rings. The van der Waals surface area contributed by atoms with Gasteiger partial charge in [0.15, 0.2) is 0 Å². The van der Waals surface area contributed by atoms with Crippen LogP contribution in [-0.2, 0) is 11.2 Å². The zero-order valence-corrected chi connectivity index (χ0v) is 10.8. The average molecular weight is 261 g/mol. The number of amides is 1. The van der Waals surface area contributed by atoms with E-state index in [1.807, 2.05) is 13.8 Å². The van der Waals surface area contributed by atoms with Crippen molar-refractivity contribution in [2.75, 3.05) is 17.7 Å². The van der Waals surface area contributed by atoms with Crippen molar-refractivity contribution in [2.24, 2.45) is 0 Å². The highest BCUT2D eigenvalue weighted by molar-refractivity contribution is 6.17. The molecule has 2 N–H and O–H groups in total. The van der Waals surface area contributed by atoms with Crippen LogP contribution >= 0.6 is 11.6 Å². The smallest absolute Gasteiger partial charge is 0.315 e. The lowest BCUT2D eigenvalue weighted by atomic mass is 10.3. The number of aryl methyl sites for hydroxylation is 1. The number of carbonyl (C=O) groups excluding carboxylic acids is 1. The predicted octanol–water partition coefficient (Wildman–Crippen LogP) is 1.18.